The van der Waals surface area contributed by atoms with E-state index in [2.05, 4.69) is 3.21 Å². The Morgan fingerprint density at radius 1 is 1.71 bits per heavy atom. The van der Waals surface area contributed by atoms with Crippen LogP contribution in [0.25, 0.3) is 0 Å². The number of aliphatic hydroxyl groups is 1. The lowest BCUT2D eigenvalue weighted by Gasteiger charge is -1.86. The van der Waals surface area contributed by atoms with E-state index in [1.807, 2.05) is 0 Å². The van der Waals surface area contributed by atoms with Crippen molar-refractivity contribution in [2.24, 2.45) is 3.21 Å². The van der Waals surface area contributed by atoms with Gasteiger partial charge in [-0.2, -0.15) is 0 Å². The van der Waals surface area contributed by atoms with Gasteiger partial charge in [0, 0.05) is 6.21 Å². The minimum Gasteiger partial charge on any atom is -0.354 e. The van der Waals surface area contributed by atoms with E-state index in [1.54, 1.807) is 18.4 Å². The highest BCUT2D eigenvalue weighted by Crippen LogP contribution is 2.03. The van der Waals surface area contributed by atoms with Crippen LogP contribution in [-0.4, -0.2) is 15.0 Å². The monoisotopic (exact) mass is 209 g/mol. The first-order valence-corrected chi connectivity index (χ1v) is 3.84. The van der Waals surface area contributed by atoms with Gasteiger partial charge in [-0.3, -0.25) is 0 Å². The van der Waals surface area contributed by atoms with E-state index in [9.17, 15) is 0 Å². The van der Waals surface area contributed by atoms with E-state index in [0.29, 0.717) is 3.69 Å². The molecule has 0 saturated carbocycles. The minimum absolute atomic E-state index is 0.393. The lowest BCUT2D eigenvalue weighted by Crippen LogP contribution is -1.85. The fourth-order valence-electron chi connectivity index (χ4n) is 0.261. The lowest BCUT2D eigenvalue weighted by molar-refractivity contribution is 0.576. The Hall–Kier alpha value is -0.0300. The third-order valence-electron chi connectivity index (χ3n) is 0.512. The molecule has 0 atom stereocenters. The smallest absolute Gasteiger partial charge is 0.122 e. The molecule has 0 aliphatic carbocycles. The number of rotatable bonds is 0. The summed E-state index contributed by atoms with van der Waals surface area (Å²) in [5.74, 6) is 0. The van der Waals surface area contributed by atoms with E-state index < -0.39 is 21.0 Å². The van der Waals surface area contributed by atoms with Crippen LogP contribution in [0.1, 0.15) is 0 Å². The molecule has 0 aromatic carbocycles. The molecule has 0 unspecified atom stereocenters. The molecule has 1 aliphatic rings. The Balaban J connectivity index is 2.82. The highest BCUT2D eigenvalue weighted by atomic mass is 127. The summed E-state index contributed by atoms with van der Waals surface area (Å²) < 4.78 is 4.31. The molecule has 7 heavy (non-hydrogen) atoms. The Labute approximate surface area is 51.7 Å². The SMILES string of the molecule is OC1=IN=CC=C1. The molecule has 2 nitrogen and oxygen atoms in total. The fraction of sp³-hybridized carbons (Fsp3) is 0. The van der Waals surface area contributed by atoms with Gasteiger partial charge in [0.25, 0.3) is 0 Å². The maximum absolute atomic E-state index is 8.67. The average molecular weight is 209 g/mol. The van der Waals surface area contributed by atoms with Crippen molar-refractivity contribution in [3.63, 3.8) is 0 Å². The zero-order chi connectivity index (χ0) is 5.11. The molecule has 1 rings (SSSR count). The first kappa shape index (κ1) is 5.11. The van der Waals surface area contributed by atoms with Crippen LogP contribution in [0.3, 0.4) is 0 Å². The number of allylic oxidation sites excluding steroid dienone is 1. The van der Waals surface area contributed by atoms with E-state index in [4.69, 9.17) is 5.11 Å². The third kappa shape index (κ3) is 1.48. The topological polar surface area (TPSA) is 32.6 Å². The van der Waals surface area contributed by atoms with Crippen LogP contribution in [0.5, 0.6) is 0 Å². The van der Waals surface area contributed by atoms with Gasteiger partial charge in [0.15, 0.2) is 0 Å². The molecule has 0 amide bonds. The molecule has 0 aromatic heterocycles. The van der Waals surface area contributed by atoms with Crippen LogP contribution in [0, 0.1) is 0 Å². The highest BCUT2D eigenvalue weighted by molar-refractivity contribution is 14.2. The van der Waals surface area contributed by atoms with E-state index in [-0.39, 0.29) is 0 Å². The molecule has 0 spiro atoms. The summed E-state index contributed by atoms with van der Waals surface area (Å²) in [6.07, 6.45) is 5.13. The summed E-state index contributed by atoms with van der Waals surface area (Å²) in [4.78, 5) is 0. The second-order valence-corrected chi connectivity index (χ2v) is 3.16. The van der Waals surface area contributed by atoms with Crippen molar-refractivity contribution in [3.05, 3.63) is 12.2 Å². The normalized spacial score (nSPS) is 18.1. The number of hydrogen-bond acceptors (Lipinski definition) is 2. The standard InChI is InChI=1S/C4H4INO/c7-4-2-1-3-6-5-4/h1-3,7H. The van der Waals surface area contributed by atoms with Crippen molar-refractivity contribution in [1.29, 1.82) is 0 Å². The first-order valence-electron chi connectivity index (χ1n) is 1.80. The van der Waals surface area contributed by atoms with Crippen molar-refractivity contribution < 1.29 is 5.11 Å². The van der Waals surface area contributed by atoms with Crippen LogP contribution in [-0.2, 0) is 0 Å². The quantitative estimate of drug-likeness (QED) is 0.593. The predicted octanol–water partition coefficient (Wildman–Crippen LogP) is 1.02. The zero-order valence-electron chi connectivity index (χ0n) is 3.50. The molecule has 1 aliphatic heterocycles. The molecular weight excluding hydrogens is 205 g/mol. The van der Waals surface area contributed by atoms with Gasteiger partial charge < -0.3 is 5.11 Å². The van der Waals surface area contributed by atoms with Crippen LogP contribution in [0.4, 0.5) is 0 Å². The summed E-state index contributed by atoms with van der Waals surface area (Å²) in [5.41, 5.74) is 0. The second kappa shape index (κ2) is 2.32. The van der Waals surface area contributed by atoms with Gasteiger partial charge in [-0.25, -0.2) is 3.21 Å². The molecule has 0 fully saturated rings. The molecule has 1 heterocycles. The van der Waals surface area contributed by atoms with Gasteiger partial charge in [0.1, 0.15) is 3.69 Å². The van der Waals surface area contributed by atoms with Gasteiger partial charge in [-0.05, 0) is 12.2 Å². The number of nitrogens with zero attached hydrogens (tertiary/aromatic N) is 1. The largest absolute Gasteiger partial charge is 0.354 e. The summed E-state index contributed by atoms with van der Waals surface area (Å²) in [5, 5.41) is 8.67. The van der Waals surface area contributed by atoms with Gasteiger partial charge in [-0.15, -0.1) is 0 Å². The summed E-state index contributed by atoms with van der Waals surface area (Å²) >= 11 is -0.393. The van der Waals surface area contributed by atoms with E-state index in [1.165, 1.54) is 0 Å². The summed E-state index contributed by atoms with van der Waals surface area (Å²) in [6, 6.07) is 0. The van der Waals surface area contributed by atoms with Gasteiger partial charge >= 0.3 is 0 Å². The maximum atomic E-state index is 8.67. The number of hydrogen-bond donors (Lipinski definition) is 1. The summed E-state index contributed by atoms with van der Waals surface area (Å²) in [7, 11) is 0. The van der Waals surface area contributed by atoms with Crippen LogP contribution >= 0.6 is 21.0 Å². The van der Waals surface area contributed by atoms with Crippen molar-refractivity contribution in [3.8, 4) is 0 Å². The number of halogens is 1. The minimum atomic E-state index is -0.393. The number of aliphatic hydroxyl groups excluding tert-OH is 1. The van der Waals surface area contributed by atoms with Crippen LogP contribution in [0.2, 0.25) is 0 Å². The average Bonchev–Trinajstić information content (AvgIpc) is 1.69. The molecule has 38 valence electrons. The first-order chi connectivity index (χ1) is 3.39. The zero-order valence-corrected chi connectivity index (χ0v) is 5.66. The molecule has 1 N–H and O–H groups in total. The van der Waals surface area contributed by atoms with Crippen molar-refractivity contribution in [2.45, 2.75) is 0 Å². The van der Waals surface area contributed by atoms with Crippen molar-refractivity contribution >= 4 is 30.9 Å². The molecule has 3 heteroatoms. The van der Waals surface area contributed by atoms with Gasteiger partial charge in [0.05, 0.1) is 21.0 Å². The molecule has 0 saturated heterocycles. The molecule has 0 bridgehead atoms. The highest BCUT2D eigenvalue weighted by Gasteiger charge is 1.83. The third-order valence-corrected chi connectivity index (χ3v) is 1.97. The van der Waals surface area contributed by atoms with Crippen molar-refractivity contribution in [2.75, 3.05) is 0 Å². The van der Waals surface area contributed by atoms with E-state index >= 15 is 0 Å². The lowest BCUT2D eigenvalue weighted by atomic mass is 10.5. The molecular formula is C4H4INO. The molecule has 0 radical (unpaired) electrons. The Morgan fingerprint density at radius 2 is 2.57 bits per heavy atom. The van der Waals surface area contributed by atoms with Gasteiger partial charge in [0.2, 0.25) is 0 Å². The van der Waals surface area contributed by atoms with Crippen LogP contribution < -0.4 is 0 Å². The van der Waals surface area contributed by atoms with E-state index in [0.717, 1.165) is 0 Å². The molecule has 0 aromatic rings. The van der Waals surface area contributed by atoms with Crippen LogP contribution in [0.15, 0.2) is 15.4 Å². The predicted molar refractivity (Wildman–Crippen MR) is 38.6 cm³/mol. The van der Waals surface area contributed by atoms with Gasteiger partial charge in [-0.1, -0.05) is 0 Å². The Morgan fingerprint density at radius 3 is 2.86 bits per heavy atom. The second-order valence-electron chi connectivity index (χ2n) is 1.01. The Bertz CT molecular complexity index is 148. The summed E-state index contributed by atoms with van der Waals surface area (Å²) in [6.45, 7) is 0. The maximum Gasteiger partial charge on any atom is 0.122 e. The van der Waals surface area contributed by atoms with Crippen molar-refractivity contribution in [1.82, 2.24) is 0 Å². The fourth-order valence-corrected chi connectivity index (χ4v) is 1.26. The Kier molecular flexibility index (Phi) is 1.70.